The lowest BCUT2D eigenvalue weighted by Crippen LogP contribution is -2.34. The largest absolute Gasteiger partial charge is 0.490 e. The summed E-state index contributed by atoms with van der Waals surface area (Å²) in [6.45, 7) is 2.14. The number of ether oxygens (including phenoxy) is 2. The third-order valence-corrected chi connectivity index (χ3v) is 2.82. The van der Waals surface area contributed by atoms with Crippen LogP contribution in [0.4, 0.5) is 13.2 Å². The molecule has 2 aromatic heterocycles. The standard InChI is InChI=1S/C15H16F3N3O2/c1-10-4-13(7-20-5-10)22-8-12(19)9-23-14-3-2-11(6-21-14)15(16,17)18/h2-7,12H,8-9,19H2,1H3. The van der Waals surface area contributed by atoms with Crippen molar-refractivity contribution in [3.63, 3.8) is 0 Å². The first kappa shape index (κ1) is 17.0. The van der Waals surface area contributed by atoms with Gasteiger partial charge in [0.2, 0.25) is 5.88 Å². The predicted molar refractivity (Wildman–Crippen MR) is 77.2 cm³/mol. The maximum Gasteiger partial charge on any atom is 0.417 e. The second kappa shape index (κ2) is 7.28. The number of nitrogens with two attached hydrogens (primary N) is 1. The minimum absolute atomic E-state index is 0.0671. The zero-order valence-electron chi connectivity index (χ0n) is 12.4. The van der Waals surface area contributed by atoms with Crippen LogP contribution in [0, 0.1) is 6.92 Å². The van der Waals surface area contributed by atoms with Gasteiger partial charge in [0.15, 0.2) is 0 Å². The summed E-state index contributed by atoms with van der Waals surface area (Å²) < 4.78 is 47.9. The topological polar surface area (TPSA) is 70.3 Å². The van der Waals surface area contributed by atoms with Crippen LogP contribution in [0.15, 0.2) is 36.8 Å². The van der Waals surface area contributed by atoms with Gasteiger partial charge >= 0.3 is 6.18 Å². The lowest BCUT2D eigenvalue weighted by atomic mass is 10.3. The molecule has 8 heteroatoms. The number of alkyl halides is 3. The highest BCUT2D eigenvalue weighted by Gasteiger charge is 2.30. The quantitative estimate of drug-likeness (QED) is 0.883. The van der Waals surface area contributed by atoms with E-state index in [0.717, 1.165) is 23.9 Å². The van der Waals surface area contributed by atoms with E-state index in [1.807, 2.05) is 13.0 Å². The van der Waals surface area contributed by atoms with Crippen molar-refractivity contribution in [1.29, 1.82) is 0 Å². The van der Waals surface area contributed by atoms with E-state index >= 15 is 0 Å². The fourth-order valence-electron chi connectivity index (χ4n) is 1.68. The van der Waals surface area contributed by atoms with Crippen LogP contribution in [-0.2, 0) is 6.18 Å². The molecule has 5 nitrogen and oxygen atoms in total. The highest BCUT2D eigenvalue weighted by Crippen LogP contribution is 2.29. The molecule has 0 aliphatic rings. The van der Waals surface area contributed by atoms with Crippen LogP contribution in [0.2, 0.25) is 0 Å². The number of hydrogen-bond donors (Lipinski definition) is 1. The van der Waals surface area contributed by atoms with Crippen molar-refractivity contribution in [2.45, 2.75) is 19.1 Å². The van der Waals surface area contributed by atoms with E-state index in [9.17, 15) is 13.2 Å². The van der Waals surface area contributed by atoms with E-state index < -0.39 is 17.8 Å². The van der Waals surface area contributed by atoms with E-state index in [-0.39, 0.29) is 19.1 Å². The zero-order valence-corrected chi connectivity index (χ0v) is 12.4. The number of aryl methyl sites for hydroxylation is 1. The van der Waals surface area contributed by atoms with Crippen LogP contribution in [0.3, 0.4) is 0 Å². The van der Waals surface area contributed by atoms with E-state index in [2.05, 4.69) is 9.97 Å². The highest BCUT2D eigenvalue weighted by atomic mass is 19.4. The Morgan fingerprint density at radius 3 is 2.48 bits per heavy atom. The third kappa shape index (κ3) is 5.41. The molecule has 23 heavy (non-hydrogen) atoms. The molecule has 2 rings (SSSR count). The van der Waals surface area contributed by atoms with Crippen LogP contribution in [-0.4, -0.2) is 29.2 Å². The summed E-state index contributed by atoms with van der Waals surface area (Å²) in [7, 11) is 0. The Bertz CT molecular complexity index is 633. The van der Waals surface area contributed by atoms with E-state index in [1.165, 1.54) is 0 Å². The number of rotatable bonds is 6. The van der Waals surface area contributed by atoms with Gasteiger partial charge in [-0.05, 0) is 24.6 Å². The normalized spacial score (nSPS) is 12.7. The molecule has 0 aromatic carbocycles. The summed E-state index contributed by atoms with van der Waals surface area (Å²) >= 11 is 0. The van der Waals surface area contributed by atoms with Crippen LogP contribution >= 0.6 is 0 Å². The molecule has 2 aromatic rings. The minimum Gasteiger partial charge on any atom is -0.490 e. The highest BCUT2D eigenvalue weighted by molar-refractivity contribution is 5.22. The summed E-state index contributed by atoms with van der Waals surface area (Å²) in [4.78, 5) is 7.58. The van der Waals surface area contributed by atoms with Crippen LogP contribution in [0.5, 0.6) is 11.6 Å². The van der Waals surface area contributed by atoms with E-state index in [0.29, 0.717) is 5.75 Å². The van der Waals surface area contributed by atoms with E-state index in [4.69, 9.17) is 15.2 Å². The molecule has 2 heterocycles. The molecule has 0 spiro atoms. The molecule has 0 aliphatic carbocycles. The van der Waals surface area contributed by atoms with Gasteiger partial charge in [0, 0.05) is 18.5 Å². The van der Waals surface area contributed by atoms with Gasteiger partial charge in [-0.25, -0.2) is 4.98 Å². The molecule has 0 fully saturated rings. The zero-order chi connectivity index (χ0) is 16.9. The van der Waals surface area contributed by atoms with Gasteiger partial charge in [0.05, 0.1) is 17.8 Å². The molecule has 2 N–H and O–H groups in total. The smallest absolute Gasteiger partial charge is 0.417 e. The molecular weight excluding hydrogens is 311 g/mol. The van der Waals surface area contributed by atoms with Crippen molar-refractivity contribution < 1.29 is 22.6 Å². The number of hydrogen-bond acceptors (Lipinski definition) is 5. The maximum absolute atomic E-state index is 12.4. The van der Waals surface area contributed by atoms with Crippen LogP contribution < -0.4 is 15.2 Å². The Balaban J connectivity index is 1.79. The molecule has 0 amide bonds. The summed E-state index contributed by atoms with van der Waals surface area (Å²) in [6.07, 6.45) is -0.433. The van der Waals surface area contributed by atoms with Gasteiger partial charge in [-0.2, -0.15) is 13.2 Å². The van der Waals surface area contributed by atoms with Gasteiger partial charge in [-0.3, -0.25) is 4.98 Å². The van der Waals surface area contributed by atoms with Crippen molar-refractivity contribution >= 4 is 0 Å². The van der Waals surface area contributed by atoms with Crippen LogP contribution in [0.1, 0.15) is 11.1 Å². The second-order valence-electron chi connectivity index (χ2n) is 4.96. The Morgan fingerprint density at radius 2 is 1.87 bits per heavy atom. The molecule has 1 unspecified atom stereocenters. The summed E-state index contributed by atoms with van der Waals surface area (Å²) in [5.41, 5.74) is 5.96. The Labute approximate surface area is 131 Å². The minimum atomic E-state index is -4.42. The average Bonchev–Trinajstić information content (AvgIpc) is 2.50. The fourth-order valence-corrected chi connectivity index (χ4v) is 1.68. The van der Waals surface area contributed by atoms with Gasteiger partial charge in [0.1, 0.15) is 19.0 Å². The SMILES string of the molecule is Cc1cncc(OCC(N)COc2ccc(C(F)(F)F)cn2)c1. The molecule has 0 saturated carbocycles. The van der Waals surface area contributed by atoms with Gasteiger partial charge in [-0.15, -0.1) is 0 Å². The lowest BCUT2D eigenvalue weighted by molar-refractivity contribution is -0.137. The molecule has 1 atom stereocenters. The number of pyridine rings is 2. The van der Waals surface area contributed by atoms with Gasteiger partial charge in [0.25, 0.3) is 0 Å². The Kier molecular flexibility index (Phi) is 5.38. The van der Waals surface area contributed by atoms with Crippen molar-refractivity contribution in [2.75, 3.05) is 13.2 Å². The Morgan fingerprint density at radius 1 is 1.13 bits per heavy atom. The van der Waals surface area contributed by atoms with Crippen molar-refractivity contribution in [2.24, 2.45) is 5.73 Å². The van der Waals surface area contributed by atoms with Crippen molar-refractivity contribution in [3.05, 3.63) is 47.9 Å². The lowest BCUT2D eigenvalue weighted by Gasteiger charge is -2.14. The third-order valence-electron chi connectivity index (χ3n) is 2.82. The van der Waals surface area contributed by atoms with Gasteiger partial charge in [-0.1, -0.05) is 0 Å². The first-order valence-electron chi connectivity index (χ1n) is 6.80. The molecular formula is C15H16F3N3O2. The Hall–Kier alpha value is -2.35. The predicted octanol–water partition coefficient (Wildman–Crippen LogP) is 2.59. The summed E-state index contributed by atoms with van der Waals surface area (Å²) in [6, 6.07) is 3.42. The summed E-state index contributed by atoms with van der Waals surface area (Å²) in [5.74, 6) is 0.666. The first-order valence-corrected chi connectivity index (χ1v) is 6.80. The number of nitrogens with zero attached hydrogens (tertiary/aromatic N) is 2. The molecule has 0 bridgehead atoms. The molecule has 0 radical (unpaired) electrons. The van der Waals surface area contributed by atoms with E-state index in [1.54, 1.807) is 12.4 Å². The van der Waals surface area contributed by atoms with Crippen molar-refractivity contribution in [3.8, 4) is 11.6 Å². The second-order valence-corrected chi connectivity index (χ2v) is 4.96. The molecule has 124 valence electrons. The van der Waals surface area contributed by atoms with Gasteiger partial charge < -0.3 is 15.2 Å². The monoisotopic (exact) mass is 327 g/mol. The molecule has 0 aliphatic heterocycles. The summed E-state index contributed by atoms with van der Waals surface area (Å²) in [5, 5.41) is 0. The van der Waals surface area contributed by atoms with Crippen LogP contribution in [0.25, 0.3) is 0 Å². The fraction of sp³-hybridized carbons (Fsp3) is 0.333. The average molecular weight is 327 g/mol. The number of aromatic nitrogens is 2. The first-order chi connectivity index (χ1) is 10.8. The molecule has 0 saturated heterocycles. The number of halogens is 3. The maximum atomic E-state index is 12.4. The van der Waals surface area contributed by atoms with Crippen molar-refractivity contribution in [1.82, 2.24) is 9.97 Å².